The summed E-state index contributed by atoms with van der Waals surface area (Å²) in [6, 6.07) is 0. The van der Waals surface area contributed by atoms with Crippen molar-refractivity contribution >= 4 is 27.8 Å². The molecular formula is C23H33N5O7S. The summed E-state index contributed by atoms with van der Waals surface area (Å²) in [5, 5.41) is -0.583. The lowest BCUT2D eigenvalue weighted by Gasteiger charge is -2.34. The van der Waals surface area contributed by atoms with Crippen LogP contribution in [0.5, 0.6) is 5.88 Å². The van der Waals surface area contributed by atoms with Gasteiger partial charge in [0.2, 0.25) is 21.8 Å². The normalized spacial score (nSPS) is 25.1. The van der Waals surface area contributed by atoms with Crippen LogP contribution < -0.4 is 9.64 Å². The lowest BCUT2D eigenvalue weighted by molar-refractivity contribution is -0.120. The van der Waals surface area contributed by atoms with E-state index in [0.717, 1.165) is 25.7 Å². The Morgan fingerprint density at radius 2 is 1.92 bits per heavy atom. The molecule has 3 saturated heterocycles. The van der Waals surface area contributed by atoms with Crippen molar-refractivity contribution < 1.29 is 32.2 Å². The quantitative estimate of drug-likeness (QED) is 0.514. The molecule has 0 bridgehead atoms. The number of hydrogen-bond acceptors (Lipinski definition) is 9. The Labute approximate surface area is 210 Å². The highest BCUT2D eigenvalue weighted by molar-refractivity contribution is 7.89. The first-order chi connectivity index (χ1) is 17.2. The van der Waals surface area contributed by atoms with E-state index in [4.69, 9.17) is 14.2 Å². The Kier molecular flexibility index (Phi) is 7.05. The summed E-state index contributed by atoms with van der Waals surface area (Å²) in [4.78, 5) is 36.7. The molecule has 12 nitrogen and oxygen atoms in total. The van der Waals surface area contributed by atoms with Crippen molar-refractivity contribution in [2.45, 2.75) is 49.9 Å². The number of hydrogen-bond donors (Lipinski definition) is 0. The minimum absolute atomic E-state index is 0.175. The molecule has 5 rings (SSSR count). The molecule has 1 atom stereocenters. The van der Waals surface area contributed by atoms with Gasteiger partial charge < -0.3 is 19.1 Å². The Balaban J connectivity index is 1.07. The average molecular weight is 524 g/mol. The number of piperazine rings is 1. The summed E-state index contributed by atoms with van der Waals surface area (Å²) >= 11 is 0. The van der Waals surface area contributed by atoms with E-state index in [-0.39, 0.29) is 43.8 Å². The second kappa shape index (κ2) is 10.1. The molecule has 1 aromatic rings. The summed E-state index contributed by atoms with van der Waals surface area (Å²) < 4.78 is 43.3. The fourth-order valence-electron chi connectivity index (χ4n) is 4.63. The molecule has 0 radical (unpaired) electrons. The molecule has 0 N–H and O–H groups in total. The van der Waals surface area contributed by atoms with Gasteiger partial charge in [-0.1, -0.05) is 0 Å². The maximum absolute atomic E-state index is 12.7. The molecule has 4 heterocycles. The molecule has 198 valence electrons. The number of sulfonamides is 1. The molecule has 1 aromatic heterocycles. The number of piperidine rings is 1. The van der Waals surface area contributed by atoms with Crippen LogP contribution in [-0.4, -0.2) is 103 Å². The van der Waals surface area contributed by atoms with Gasteiger partial charge in [-0.05, 0) is 44.9 Å². The van der Waals surface area contributed by atoms with Gasteiger partial charge in [-0.25, -0.2) is 23.2 Å². The number of ether oxygens (including phenoxy) is 3. The summed E-state index contributed by atoms with van der Waals surface area (Å²) in [5.74, 6) is 0.684. The number of amides is 2. The van der Waals surface area contributed by atoms with Crippen LogP contribution in [0.15, 0.2) is 12.4 Å². The van der Waals surface area contributed by atoms with Crippen LogP contribution >= 0.6 is 0 Å². The number of likely N-dealkylation sites (tertiary alicyclic amines) is 1. The van der Waals surface area contributed by atoms with E-state index in [9.17, 15) is 18.0 Å². The number of anilines is 1. The highest BCUT2D eigenvalue weighted by atomic mass is 32.2. The number of aromatic nitrogens is 2. The van der Waals surface area contributed by atoms with Gasteiger partial charge in [0.1, 0.15) is 10.9 Å². The Hall–Kier alpha value is -2.51. The molecule has 0 aromatic carbocycles. The van der Waals surface area contributed by atoms with E-state index in [1.165, 1.54) is 21.6 Å². The molecule has 2 amide bonds. The first kappa shape index (κ1) is 25.2. The summed E-state index contributed by atoms with van der Waals surface area (Å²) in [6.45, 7) is 4.52. The van der Waals surface area contributed by atoms with Crippen molar-refractivity contribution in [1.29, 1.82) is 0 Å². The van der Waals surface area contributed by atoms with Gasteiger partial charge >= 0.3 is 6.09 Å². The summed E-state index contributed by atoms with van der Waals surface area (Å²) in [5.41, 5.74) is -0.261. The van der Waals surface area contributed by atoms with Crippen LogP contribution in [0, 0.1) is 5.92 Å². The molecule has 0 spiro atoms. The molecule has 4 aliphatic rings. The molecular weight excluding hydrogens is 490 g/mol. The Morgan fingerprint density at radius 1 is 1.14 bits per heavy atom. The summed E-state index contributed by atoms with van der Waals surface area (Å²) in [6.07, 6.45) is 6.70. The third-order valence-corrected chi connectivity index (χ3v) is 9.62. The third kappa shape index (κ3) is 5.57. The predicted molar refractivity (Wildman–Crippen MR) is 128 cm³/mol. The molecule has 0 unspecified atom stereocenters. The standard InChI is InChI=1S/C23H33N5O7S/c1-23(5-6-23)35-22(30)26-7-2-17(3-8-26)15-34-20-13-24-19(12-25-20)28-10-9-27(14-21(28)29)36(31,32)18-4-11-33-16-18/h12-13,17-18H,2-11,14-16H2,1H3/t18-/m1/s1. The van der Waals surface area contributed by atoms with Gasteiger partial charge in [0.05, 0.1) is 32.2 Å². The SMILES string of the molecule is CC1(OC(=O)N2CCC(COc3cnc(N4CCN(S(=O)(=O)[C@@H]5CCOC5)CC4=O)cn3)CC2)CC1. The third-order valence-electron chi connectivity index (χ3n) is 7.37. The second-order valence-electron chi connectivity index (χ2n) is 10.2. The number of carbonyl (C=O) groups is 2. The zero-order valence-corrected chi connectivity index (χ0v) is 21.3. The van der Waals surface area contributed by atoms with Crippen molar-refractivity contribution in [2.75, 3.05) is 57.4 Å². The van der Waals surface area contributed by atoms with E-state index in [2.05, 4.69) is 9.97 Å². The van der Waals surface area contributed by atoms with E-state index in [0.29, 0.717) is 50.3 Å². The number of rotatable bonds is 7. The van der Waals surface area contributed by atoms with Gasteiger partial charge in [-0.3, -0.25) is 9.69 Å². The smallest absolute Gasteiger partial charge is 0.410 e. The lowest BCUT2D eigenvalue weighted by atomic mass is 9.98. The average Bonchev–Trinajstić information content (AvgIpc) is 3.34. The van der Waals surface area contributed by atoms with E-state index in [1.807, 2.05) is 6.92 Å². The minimum Gasteiger partial charge on any atom is -0.476 e. The highest BCUT2D eigenvalue weighted by Gasteiger charge is 2.43. The molecule has 3 aliphatic heterocycles. The zero-order chi connectivity index (χ0) is 25.3. The second-order valence-corrected chi connectivity index (χ2v) is 12.4. The first-order valence-corrected chi connectivity index (χ1v) is 14.0. The fraction of sp³-hybridized carbons (Fsp3) is 0.739. The van der Waals surface area contributed by atoms with Crippen LogP contribution in [0.4, 0.5) is 10.6 Å². The predicted octanol–water partition coefficient (Wildman–Crippen LogP) is 1.02. The van der Waals surface area contributed by atoms with Crippen molar-refractivity contribution in [2.24, 2.45) is 5.92 Å². The fourth-order valence-corrected chi connectivity index (χ4v) is 6.34. The van der Waals surface area contributed by atoms with E-state index < -0.39 is 15.3 Å². The highest BCUT2D eigenvalue weighted by Crippen LogP contribution is 2.39. The molecule has 36 heavy (non-hydrogen) atoms. The van der Waals surface area contributed by atoms with Crippen LogP contribution in [-0.2, 0) is 24.3 Å². The van der Waals surface area contributed by atoms with E-state index in [1.54, 1.807) is 4.90 Å². The first-order valence-electron chi connectivity index (χ1n) is 12.5. The van der Waals surface area contributed by atoms with Crippen LogP contribution in [0.3, 0.4) is 0 Å². The molecule has 13 heteroatoms. The molecule has 1 saturated carbocycles. The number of nitrogens with zero attached hydrogens (tertiary/aromatic N) is 5. The number of carbonyl (C=O) groups excluding carboxylic acids is 2. The largest absolute Gasteiger partial charge is 0.476 e. The van der Waals surface area contributed by atoms with Crippen LogP contribution in [0.2, 0.25) is 0 Å². The summed E-state index contributed by atoms with van der Waals surface area (Å²) in [7, 11) is -3.56. The van der Waals surface area contributed by atoms with Crippen molar-refractivity contribution in [3.05, 3.63) is 12.4 Å². The maximum Gasteiger partial charge on any atom is 0.410 e. The monoisotopic (exact) mass is 523 g/mol. The Bertz CT molecular complexity index is 1060. The van der Waals surface area contributed by atoms with Crippen LogP contribution in [0.25, 0.3) is 0 Å². The van der Waals surface area contributed by atoms with Gasteiger partial charge in [0.25, 0.3) is 0 Å². The van der Waals surface area contributed by atoms with Gasteiger partial charge in [0, 0.05) is 32.8 Å². The lowest BCUT2D eigenvalue weighted by Crippen LogP contribution is -2.54. The van der Waals surface area contributed by atoms with Gasteiger partial charge in [0.15, 0.2) is 5.82 Å². The molecule has 4 fully saturated rings. The van der Waals surface area contributed by atoms with Crippen LogP contribution in [0.1, 0.15) is 39.0 Å². The van der Waals surface area contributed by atoms with Crippen molar-refractivity contribution in [3.8, 4) is 5.88 Å². The van der Waals surface area contributed by atoms with E-state index >= 15 is 0 Å². The molecule has 1 aliphatic carbocycles. The van der Waals surface area contributed by atoms with Crippen molar-refractivity contribution in [3.63, 3.8) is 0 Å². The van der Waals surface area contributed by atoms with Gasteiger partial charge in [-0.2, -0.15) is 4.31 Å². The van der Waals surface area contributed by atoms with Gasteiger partial charge in [-0.15, -0.1) is 0 Å². The minimum atomic E-state index is -3.56. The zero-order valence-electron chi connectivity index (χ0n) is 20.5. The van der Waals surface area contributed by atoms with Crippen molar-refractivity contribution in [1.82, 2.24) is 19.2 Å². The Morgan fingerprint density at radius 3 is 2.53 bits per heavy atom. The topological polar surface area (TPSA) is 131 Å². The maximum atomic E-state index is 12.7.